The summed E-state index contributed by atoms with van der Waals surface area (Å²) in [6.07, 6.45) is 5.64. The molecule has 0 aromatic carbocycles. The molecule has 1 aliphatic rings. The number of carbonyl (C=O) groups excluding carboxylic acids is 2. The second-order valence-electron chi connectivity index (χ2n) is 4.75. The highest BCUT2D eigenvalue weighted by Gasteiger charge is 2.33. The first kappa shape index (κ1) is 14.2. The standard InChI is InChI=1S/C13H22O4/c1-11(14)17-9-5-8-13(16-2)7-4-3-6-12(15)10-13/h3-10H2,1-2H3. The molecule has 0 bridgehead atoms. The Morgan fingerprint density at radius 1 is 1.41 bits per heavy atom. The van der Waals surface area contributed by atoms with Crippen molar-refractivity contribution in [3.63, 3.8) is 0 Å². The van der Waals surface area contributed by atoms with Gasteiger partial charge in [0, 0.05) is 26.9 Å². The molecule has 1 saturated carbocycles. The first-order valence-corrected chi connectivity index (χ1v) is 6.28. The topological polar surface area (TPSA) is 52.6 Å². The highest BCUT2D eigenvalue weighted by Crippen LogP contribution is 2.32. The molecule has 98 valence electrons. The molecule has 0 N–H and O–H groups in total. The Kier molecular flexibility index (Phi) is 5.62. The second-order valence-corrected chi connectivity index (χ2v) is 4.75. The van der Waals surface area contributed by atoms with Crippen molar-refractivity contribution in [3.8, 4) is 0 Å². The number of ether oxygens (including phenoxy) is 2. The minimum Gasteiger partial charge on any atom is -0.466 e. The molecule has 0 saturated heterocycles. The van der Waals surface area contributed by atoms with E-state index >= 15 is 0 Å². The monoisotopic (exact) mass is 242 g/mol. The first-order chi connectivity index (χ1) is 8.08. The van der Waals surface area contributed by atoms with E-state index in [0.717, 1.165) is 32.1 Å². The third kappa shape index (κ3) is 4.86. The van der Waals surface area contributed by atoms with Crippen molar-refractivity contribution < 1.29 is 19.1 Å². The first-order valence-electron chi connectivity index (χ1n) is 6.28. The van der Waals surface area contributed by atoms with Crippen LogP contribution in [-0.4, -0.2) is 31.1 Å². The van der Waals surface area contributed by atoms with E-state index in [1.165, 1.54) is 6.92 Å². The van der Waals surface area contributed by atoms with Gasteiger partial charge in [-0.15, -0.1) is 0 Å². The van der Waals surface area contributed by atoms with Gasteiger partial charge in [-0.3, -0.25) is 9.59 Å². The van der Waals surface area contributed by atoms with Gasteiger partial charge in [0.25, 0.3) is 0 Å². The molecule has 1 unspecified atom stereocenters. The molecule has 0 spiro atoms. The van der Waals surface area contributed by atoms with Crippen molar-refractivity contribution in [2.24, 2.45) is 0 Å². The molecule has 0 heterocycles. The quantitative estimate of drug-likeness (QED) is 0.421. The molecule has 0 radical (unpaired) electrons. The molecular weight excluding hydrogens is 220 g/mol. The summed E-state index contributed by atoms with van der Waals surface area (Å²) >= 11 is 0. The van der Waals surface area contributed by atoms with Crippen molar-refractivity contribution in [1.82, 2.24) is 0 Å². The molecule has 1 rings (SSSR count). The Bertz CT molecular complexity index is 275. The fourth-order valence-electron chi connectivity index (χ4n) is 2.41. The third-order valence-electron chi connectivity index (χ3n) is 3.37. The summed E-state index contributed by atoms with van der Waals surface area (Å²) in [5.74, 6) is 0.0326. The van der Waals surface area contributed by atoms with Crippen molar-refractivity contribution in [2.45, 2.75) is 57.5 Å². The summed E-state index contributed by atoms with van der Waals surface area (Å²) < 4.78 is 10.5. The third-order valence-corrected chi connectivity index (χ3v) is 3.37. The van der Waals surface area contributed by atoms with E-state index in [2.05, 4.69) is 0 Å². The molecule has 4 heteroatoms. The molecule has 0 aliphatic heterocycles. The summed E-state index contributed by atoms with van der Waals surface area (Å²) in [5, 5.41) is 0. The van der Waals surface area contributed by atoms with E-state index in [9.17, 15) is 9.59 Å². The highest BCUT2D eigenvalue weighted by atomic mass is 16.5. The van der Waals surface area contributed by atoms with Crippen LogP contribution in [0.1, 0.15) is 51.9 Å². The van der Waals surface area contributed by atoms with E-state index in [-0.39, 0.29) is 17.4 Å². The van der Waals surface area contributed by atoms with Crippen LogP contribution < -0.4 is 0 Å². The lowest BCUT2D eigenvalue weighted by Crippen LogP contribution is -2.33. The van der Waals surface area contributed by atoms with Crippen LogP contribution in [0, 0.1) is 0 Å². The van der Waals surface area contributed by atoms with Crippen LogP contribution in [0.4, 0.5) is 0 Å². The lowest BCUT2D eigenvalue weighted by atomic mass is 9.89. The molecule has 0 amide bonds. The Labute approximate surface area is 103 Å². The summed E-state index contributed by atoms with van der Waals surface area (Å²) in [6, 6.07) is 0. The molecular formula is C13H22O4. The van der Waals surface area contributed by atoms with Gasteiger partial charge in [0.15, 0.2) is 0 Å². The van der Waals surface area contributed by atoms with E-state index in [4.69, 9.17) is 9.47 Å². The molecule has 1 atom stereocenters. The Balaban J connectivity index is 2.43. The lowest BCUT2D eigenvalue weighted by Gasteiger charge is -2.30. The molecule has 0 aromatic rings. The van der Waals surface area contributed by atoms with E-state index in [1.807, 2.05) is 0 Å². The van der Waals surface area contributed by atoms with Crippen LogP contribution in [-0.2, 0) is 19.1 Å². The number of hydrogen-bond donors (Lipinski definition) is 0. The fraction of sp³-hybridized carbons (Fsp3) is 0.846. The number of hydrogen-bond acceptors (Lipinski definition) is 4. The predicted octanol–water partition coefficient (Wildman–Crippen LogP) is 2.25. The van der Waals surface area contributed by atoms with Gasteiger partial charge in [-0.05, 0) is 25.7 Å². The Hall–Kier alpha value is -0.900. The number of Topliss-reactive ketones (excluding diaryl/α,β-unsaturated/α-hetero) is 1. The van der Waals surface area contributed by atoms with Crippen molar-refractivity contribution in [2.75, 3.05) is 13.7 Å². The minimum atomic E-state index is -0.326. The number of esters is 1. The molecule has 0 aromatic heterocycles. The van der Waals surface area contributed by atoms with Gasteiger partial charge < -0.3 is 9.47 Å². The van der Waals surface area contributed by atoms with Gasteiger partial charge >= 0.3 is 5.97 Å². The molecule has 17 heavy (non-hydrogen) atoms. The lowest BCUT2D eigenvalue weighted by molar-refractivity contribution is -0.142. The summed E-state index contributed by atoms with van der Waals surface area (Å²) in [6.45, 7) is 1.82. The van der Waals surface area contributed by atoms with E-state index in [1.54, 1.807) is 7.11 Å². The van der Waals surface area contributed by atoms with Crippen LogP contribution in [0.3, 0.4) is 0 Å². The highest BCUT2D eigenvalue weighted by molar-refractivity contribution is 5.79. The predicted molar refractivity (Wildman–Crippen MR) is 63.7 cm³/mol. The minimum absolute atomic E-state index is 0.256. The van der Waals surface area contributed by atoms with E-state index in [0.29, 0.717) is 19.4 Å². The molecule has 1 aliphatic carbocycles. The van der Waals surface area contributed by atoms with Gasteiger partial charge in [0.05, 0.1) is 12.2 Å². The number of methoxy groups -OCH3 is 1. The van der Waals surface area contributed by atoms with Crippen LogP contribution in [0.2, 0.25) is 0 Å². The zero-order chi connectivity index (χ0) is 12.7. The number of carbonyl (C=O) groups is 2. The zero-order valence-electron chi connectivity index (χ0n) is 10.8. The number of ketones is 1. The summed E-state index contributed by atoms with van der Waals surface area (Å²) in [5.41, 5.74) is -0.326. The zero-order valence-corrected chi connectivity index (χ0v) is 10.8. The average molecular weight is 242 g/mol. The maximum absolute atomic E-state index is 11.6. The van der Waals surface area contributed by atoms with Crippen molar-refractivity contribution >= 4 is 11.8 Å². The Morgan fingerprint density at radius 2 is 2.18 bits per heavy atom. The Morgan fingerprint density at radius 3 is 2.82 bits per heavy atom. The van der Waals surface area contributed by atoms with Crippen LogP contribution >= 0.6 is 0 Å². The SMILES string of the molecule is COC1(CCCOC(C)=O)CCCCC(=O)C1. The van der Waals surface area contributed by atoms with Gasteiger partial charge in [-0.2, -0.15) is 0 Å². The second kappa shape index (κ2) is 6.74. The van der Waals surface area contributed by atoms with Crippen LogP contribution in [0.25, 0.3) is 0 Å². The van der Waals surface area contributed by atoms with Crippen LogP contribution in [0.15, 0.2) is 0 Å². The summed E-state index contributed by atoms with van der Waals surface area (Å²) in [7, 11) is 1.67. The van der Waals surface area contributed by atoms with Gasteiger partial charge in [-0.1, -0.05) is 6.42 Å². The maximum atomic E-state index is 11.6. The summed E-state index contributed by atoms with van der Waals surface area (Å²) in [4.78, 5) is 22.3. The van der Waals surface area contributed by atoms with Gasteiger partial charge in [-0.25, -0.2) is 0 Å². The van der Waals surface area contributed by atoms with Crippen molar-refractivity contribution in [1.29, 1.82) is 0 Å². The molecule has 4 nitrogen and oxygen atoms in total. The average Bonchev–Trinajstić information content (AvgIpc) is 2.47. The fourth-order valence-corrected chi connectivity index (χ4v) is 2.41. The van der Waals surface area contributed by atoms with Crippen LogP contribution in [0.5, 0.6) is 0 Å². The van der Waals surface area contributed by atoms with Gasteiger partial charge in [0.2, 0.25) is 0 Å². The van der Waals surface area contributed by atoms with Gasteiger partial charge in [0.1, 0.15) is 5.78 Å². The number of rotatable bonds is 5. The maximum Gasteiger partial charge on any atom is 0.302 e. The van der Waals surface area contributed by atoms with E-state index < -0.39 is 0 Å². The normalized spacial score (nSPS) is 25.4. The molecule has 1 fully saturated rings. The largest absolute Gasteiger partial charge is 0.466 e. The smallest absolute Gasteiger partial charge is 0.302 e. The van der Waals surface area contributed by atoms with Crippen molar-refractivity contribution in [3.05, 3.63) is 0 Å².